The summed E-state index contributed by atoms with van der Waals surface area (Å²) in [6.45, 7) is 8.89. The molecule has 2 aliphatic heterocycles. The highest BCUT2D eigenvalue weighted by Crippen LogP contribution is 2.35. The number of ether oxygens (including phenoxy) is 2. The van der Waals surface area contributed by atoms with Crippen LogP contribution in [-0.2, 0) is 6.54 Å². The molecular formula is C39H46N10O2. The van der Waals surface area contributed by atoms with Gasteiger partial charge in [0.2, 0.25) is 11.9 Å². The quantitative estimate of drug-likeness (QED) is 0.125. The Bertz CT molecular complexity index is 1800. The van der Waals surface area contributed by atoms with E-state index in [1.54, 1.807) is 17.4 Å². The molecule has 264 valence electrons. The molecule has 2 atom stereocenters. The van der Waals surface area contributed by atoms with Crippen LogP contribution in [0.15, 0.2) is 92.0 Å². The largest absolute Gasteiger partial charge is 0.494 e. The summed E-state index contributed by atoms with van der Waals surface area (Å²) in [7, 11) is 0. The number of aromatic nitrogens is 6. The maximum absolute atomic E-state index is 6.81. The first-order chi connectivity index (χ1) is 25.1. The maximum Gasteiger partial charge on any atom is 0.240 e. The van der Waals surface area contributed by atoms with Crippen molar-refractivity contribution in [3.05, 3.63) is 97.6 Å². The maximum atomic E-state index is 6.81. The molecule has 0 aliphatic carbocycles. The van der Waals surface area contributed by atoms with Gasteiger partial charge in [0.05, 0.1) is 19.3 Å². The Hall–Kier alpha value is -5.20. The van der Waals surface area contributed by atoms with Gasteiger partial charge in [-0.2, -0.15) is 0 Å². The van der Waals surface area contributed by atoms with Crippen LogP contribution in [0.3, 0.4) is 0 Å². The van der Waals surface area contributed by atoms with Gasteiger partial charge in [0.15, 0.2) is 0 Å². The van der Waals surface area contributed by atoms with Crippen molar-refractivity contribution in [3.8, 4) is 33.8 Å². The molecule has 2 fully saturated rings. The SMILES string of the molecule is CCOc1cc(CN2CCC(C3CC(N(N)c4ncc(-c5cccnc5)cn4)CCN3c3ncc(-c4cccnc4)cn3)CC2)cc(OCC)c1. The summed E-state index contributed by atoms with van der Waals surface area (Å²) < 4.78 is 11.7. The van der Waals surface area contributed by atoms with E-state index < -0.39 is 0 Å². The Morgan fingerprint density at radius 3 is 1.86 bits per heavy atom. The number of benzene rings is 1. The van der Waals surface area contributed by atoms with Gasteiger partial charge in [-0.3, -0.25) is 19.9 Å². The first kappa shape index (κ1) is 34.3. The van der Waals surface area contributed by atoms with Crippen molar-refractivity contribution in [1.29, 1.82) is 0 Å². The second-order valence-corrected chi connectivity index (χ2v) is 13.2. The lowest BCUT2D eigenvalue weighted by atomic mass is 9.82. The number of nitrogens with two attached hydrogens (primary N) is 1. The molecule has 12 heteroatoms. The first-order valence-corrected chi connectivity index (χ1v) is 17.9. The monoisotopic (exact) mass is 686 g/mol. The fraction of sp³-hybridized carbons (Fsp3) is 0.385. The van der Waals surface area contributed by atoms with Gasteiger partial charge < -0.3 is 14.4 Å². The molecule has 0 spiro atoms. The number of nitrogens with zero attached hydrogens (tertiary/aromatic N) is 9. The molecule has 7 rings (SSSR count). The van der Waals surface area contributed by atoms with Crippen LogP contribution in [0, 0.1) is 5.92 Å². The van der Waals surface area contributed by atoms with Gasteiger partial charge in [-0.05, 0) is 88.4 Å². The Labute approximate surface area is 299 Å². The molecule has 4 aromatic heterocycles. The lowest BCUT2D eigenvalue weighted by molar-refractivity contribution is 0.148. The third-order valence-corrected chi connectivity index (χ3v) is 9.91. The Kier molecular flexibility index (Phi) is 10.9. The minimum atomic E-state index is 0.0708. The van der Waals surface area contributed by atoms with Crippen molar-refractivity contribution in [2.24, 2.45) is 11.8 Å². The van der Waals surface area contributed by atoms with Crippen molar-refractivity contribution >= 4 is 11.9 Å². The van der Waals surface area contributed by atoms with Crippen molar-refractivity contribution < 1.29 is 9.47 Å². The molecule has 2 aliphatic rings. The minimum absolute atomic E-state index is 0.0708. The molecular weight excluding hydrogens is 640 g/mol. The summed E-state index contributed by atoms with van der Waals surface area (Å²) >= 11 is 0. The van der Waals surface area contributed by atoms with Crippen molar-refractivity contribution in [2.45, 2.75) is 58.2 Å². The molecule has 1 aromatic carbocycles. The zero-order valence-corrected chi connectivity index (χ0v) is 29.4. The number of pyridine rings is 2. The summed E-state index contributed by atoms with van der Waals surface area (Å²) in [4.78, 5) is 32.5. The molecule has 0 saturated carbocycles. The van der Waals surface area contributed by atoms with Gasteiger partial charge in [0.25, 0.3) is 0 Å². The third-order valence-electron chi connectivity index (χ3n) is 9.91. The third kappa shape index (κ3) is 8.24. The summed E-state index contributed by atoms with van der Waals surface area (Å²) in [6.07, 6.45) is 18.5. The molecule has 2 N–H and O–H groups in total. The van der Waals surface area contributed by atoms with Crippen molar-refractivity contribution in [2.75, 3.05) is 42.8 Å². The smallest absolute Gasteiger partial charge is 0.240 e. The number of hydrogen-bond donors (Lipinski definition) is 1. The van der Waals surface area contributed by atoms with Crippen LogP contribution in [0.5, 0.6) is 11.5 Å². The molecule has 6 heterocycles. The van der Waals surface area contributed by atoms with E-state index in [9.17, 15) is 0 Å². The summed E-state index contributed by atoms with van der Waals surface area (Å²) in [5.74, 6) is 10.2. The van der Waals surface area contributed by atoms with E-state index in [2.05, 4.69) is 41.9 Å². The zero-order chi connectivity index (χ0) is 35.0. The highest BCUT2D eigenvalue weighted by atomic mass is 16.5. The second kappa shape index (κ2) is 16.2. The van der Waals surface area contributed by atoms with E-state index in [-0.39, 0.29) is 12.1 Å². The first-order valence-electron chi connectivity index (χ1n) is 17.9. The van der Waals surface area contributed by atoms with E-state index in [1.165, 1.54) is 5.56 Å². The van der Waals surface area contributed by atoms with Crippen LogP contribution >= 0.6 is 0 Å². The molecule has 2 saturated heterocycles. The highest BCUT2D eigenvalue weighted by Gasteiger charge is 2.39. The fourth-order valence-electron chi connectivity index (χ4n) is 7.35. The van der Waals surface area contributed by atoms with Gasteiger partial charge in [-0.25, -0.2) is 25.8 Å². The van der Waals surface area contributed by atoms with E-state index >= 15 is 0 Å². The zero-order valence-electron chi connectivity index (χ0n) is 29.4. The van der Waals surface area contributed by atoms with E-state index in [1.807, 2.05) is 81.4 Å². The predicted molar refractivity (Wildman–Crippen MR) is 198 cm³/mol. The molecule has 0 amide bonds. The molecule has 51 heavy (non-hydrogen) atoms. The number of rotatable bonds is 12. The summed E-state index contributed by atoms with van der Waals surface area (Å²) in [5, 5.41) is 1.76. The second-order valence-electron chi connectivity index (χ2n) is 13.2. The van der Waals surface area contributed by atoms with Crippen LogP contribution in [-0.4, -0.2) is 79.7 Å². The molecule has 5 aromatic rings. The summed E-state index contributed by atoms with van der Waals surface area (Å²) in [5.41, 5.74) is 5.04. The van der Waals surface area contributed by atoms with E-state index in [0.717, 1.165) is 91.6 Å². The van der Waals surface area contributed by atoms with E-state index in [0.29, 0.717) is 25.1 Å². The van der Waals surface area contributed by atoms with Crippen molar-refractivity contribution in [1.82, 2.24) is 34.8 Å². The predicted octanol–water partition coefficient (Wildman–Crippen LogP) is 5.82. The van der Waals surface area contributed by atoms with Crippen LogP contribution in [0.25, 0.3) is 22.3 Å². The van der Waals surface area contributed by atoms with Gasteiger partial charge in [0.1, 0.15) is 11.5 Å². The fourth-order valence-corrected chi connectivity index (χ4v) is 7.35. The lowest BCUT2D eigenvalue weighted by Gasteiger charge is -2.47. The average Bonchev–Trinajstić information content (AvgIpc) is 3.19. The summed E-state index contributed by atoms with van der Waals surface area (Å²) in [6, 6.07) is 14.4. The number of hydrazine groups is 1. The normalized spacial score (nSPS) is 18.4. The Balaban J connectivity index is 1.07. The molecule has 2 unspecified atom stereocenters. The van der Waals surface area contributed by atoms with Gasteiger partial charge >= 0.3 is 0 Å². The number of piperidine rings is 2. The van der Waals surface area contributed by atoms with Crippen molar-refractivity contribution in [3.63, 3.8) is 0 Å². The highest BCUT2D eigenvalue weighted by molar-refractivity contribution is 5.61. The molecule has 12 nitrogen and oxygen atoms in total. The van der Waals surface area contributed by atoms with Crippen LogP contribution in [0.1, 0.15) is 45.1 Å². The van der Waals surface area contributed by atoms with Crippen LogP contribution in [0.4, 0.5) is 11.9 Å². The molecule has 0 radical (unpaired) electrons. The number of hydrogen-bond acceptors (Lipinski definition) is 12. The van der Waals surface area contributed by atoms with Crippen LogP contribution < -0.4 is 25.2 Å². The number of likely N-dealkylation sites (tertiary alicyclic amines) is 1. The van der Waals surface area contributed by atoms with Gasteiger partial charge in [-0.1, -0.05) is 12.1 Å². The topological polar surface area (TPSA) is 132 Å². The van der Waals surface area contributed by atoms with E-state index in [4.69, 9.17) is 25.3 Å². The Morgan fingerprint density at radius 2 is 1.31 bits per heavy atom. The van der Waals surface area contributed by atoms with Gasteiger partial charge in [0, 0.05) is 97.0 Å². The lowest BCUT2D eigenvalue weighted by Crippen LogP contribution is -2.56. The Morgan fingerprint density at radius 1 is 0.725 bits per heavy atom. The minimum Gasteiger partial charge on any atom is -0.494 e. The molecule has 0 bridgehead atoms. The van der Waals surface area contributed by atoms with Gasteiger partial charge in [-0.15, -0.1) is 0 Å². The average molecular weight is 687 g/mol. The number of anilines is 2. The van der Waals surface area contributed by atoms with Crippen LogP contribution in [0.2, 0.25) is 0 Å². The standard InChI is InChI=1S/C39H46N10O2/c1-3-50-35-17-28(18-36(20-35)51-4-2)27-47-14-9-29(10-15-47)37-19-34(49(40)39-45-25-33(26-46-39)31-8-6-13-42-22-31)11-16-48(37)38-43-23-32(24-44-38)30-7-5-12-41-21-30/h5-8,12-13,17-18,20-26,29,34,37H,3-4,9-11,14-16,19,27,40H2,1-2H3.